The van der Waals surface area contributed by atoms with Gasteiger partial charge in [0.05, 0.1) is 6.10 Å². The maximum absolute atomic E-state index is 10.8. The Morgan fingerprint density at radius 3 is 2.40 bits per heavy atom. The first-order valence-corrected chi connectivity index (χ1v) is 3.90. The van der Waals surface area contributed by atoms with E-state index in [2.05, 4.69) is 0 Å². The zero-order valence-electron chi connectivity index (χ0n) is 6.34. The molecule has 0 unspecified atom stereocenters. The molecule has 1 rings (SSSR count). The van der Waals surface area contributed by atoms with Crippen molar-refractivity contribution in [1.82, 2.24) is 0 Å². The minimum atomic E-state index is -0.355. The molecule has 1 N–H and O–H groups in total. The van der Waals surface area contributed by atoms with Gasteiger partial charge in [-0.3, -0.25) is 4.79 Å². The number of rotatable bonds is 1. The largest absolute Gasteiger partial charge is 0.392 e. The van der Waals surface area contributed by atoms with E-state index < -0.39 is 0 Å². The molecule has 2 heteroatoms. The highest BCUT2D eigenvalue weighted by molar-refractivity contribution is 5.78. The van der Waals surface area contributed by atoms with E-state index in [0.717, 1.165) is 25.7 Å². The fourth-order valence-electron chi connectivity index (χ4n) is 1.59. The molecule has 0 saturated heterocycles. The molecule has 1 saturated carbocycles. The van der Waals surface area contributed by atoms with Gasteiger partial charge in [0, 0.05) is 5.92 Å². The number of hydrogen-bond donors (Lipinski definition) is 1. The third-order valence-corrected chi connectivity index (χ3v) is 2.25. The van der Waals surface area contributed by atoms with Gasteiger partial charge in [-0.25, -0.2) is 0 Å². The number of ketones is 1. The second kappa shape index (κ2) is 3.15. The van der Waals surface area contributed by atoms with Crippen LogP contribution in [0.1, 0.15) is 32.6 Å². The summed E-state index contributed by atoms with van der Waals surface area (Å²) < 4.78 is 0. The maximum atomic E-state index is 10.8. The molecule has 0 heterocycles. The van der Waals surface area contributed by atoms with Crippen LogP contribution in [0.15, 0.2) is 0 Å². The second-order valence-corrected chi connectivity index (χ2v) is 3.07. The summed E-state index contributed by atoms with van der Waals surface area (Å²) in [5.41, 5.74) is 0. The van der Waals surface area contributed by atoms with Gasteiger partial charge in [0.15, 0.2) is 0 Å². The van der Waals surface area contributed by atoms with Gasteiger partial charge >= 0.3 is 0 Å². The summed E-state index contributed by atoms with van der Waals surface area (Å²) in [6, 6.07) is 0. The Bertz CT molecular complexity index is 131. The summed E-state index contributed by atoms with van der Waals surface area (Å²) in [5.74, 6) is 0.0842. The Morgan fingerprint density at radius 1 is 1.40 bits per heavy atom. The fraction of sp³-hybridized carbons (Fsp3) is 0.875. The molecule has 0 aromatic heterocycles. The third kappa shape index (κ3) is 1.57. The third-order valence-electron chi connectivity index (χ3n) is 2.25. The van der Waals surface area contributed by atoms with E-state index in [0.29, 0.717) is 0 Å². The van der Waals surface area contributed by atoms with Gasteiger partial charge < -0.3 is 5.11 Å². The van der Waals surface area contributed by atoms with Crippen molar-refractivity contribution in [3.8, 4) is 0 Å². The lowest BCUT2D eigenvalue weighted by atomic mass is 9.84. The number of carbonyl (C=O) groups is 1. The van der Waals surface area contributed by atoms with E-state index in [-0.39, 0.29) is 17.8 Å². The highest BCUT2D eigenvalue weighted by atomic mass is 16.3. The molecule has 2 nitrogen and oxygen atoms in total. The van der Waals surface area contributed by atoms with Crippen molar-refractivity contribution in [2.24, 2.45) is 5.92 Å². The molecule has 1 aliphatic carbocycles. The highest BCUT2D eigenvalue weighted by Crippen LogP contribution is 2.24. The molecule has 0 spiro atoms. The lowest BCUT2D eigenvalue weighted by molar-refractivity contribution is -0.125. The average Bonchev–Trinajstić information content (AvgIpc) is 1.88. The van der Waals surface area contributed by atoms with Gasteiger partial charge in [0.25, 0.3) is 0 Å². The molecule has 1 aliphatic rings. The lowest BCUT2D eigenvalue weighted by Crippen LogP contribution is -2.29. The second-order valence-electron chi connectivity index (χ2n) is 3.07. The van der Waals surface area contributed by atoms with E-state index in [9.17, 15) is 9.90 Å². The molecule has 0 radical (unpaired) electrons. The smallest absolute Gasteiger partial charge is 0.135 e. The van der Waals surface area contributed by atoms with Crippen LogP contribution in [0, 0.1) is 5.92 Å². The minimum absolute atomic E-state index is 0.0613. The zero-order chi connectivity index (χ0) is 7.56. The monoisotopic (exact) mass is 142 g/mol. The number of Topliss-reactive ketones (excluding diaryl/α,β-unsaturated/α-hetero) is 1. The van der Waals surface area contributed by atoms with Crippen LogP contribution in [0.2, 0.25) is 0 Å². The first-order chi connectivity index (χ1) is 4.72. The van der Waals surface area contributed by atoms with Crippen molar-refractivity contribution in [3.05, 3.63) is 0 Å². The van der Waals surface area contributed by atoms with Crippen molar-refractivity contribution < 1.29 is 9.90 Å². The van der Waals surface area contributed by atoms with Crippen molar-refractivity contribution in [1.29, 1.82) is 0 Å². The summed E-state index contributed by atoms with van der Waals surface area (Å²) in [6.07, 6.45) is 3.51. The SMILES string of the molecule is CC(=O)[C@@H]1CCCC[C@@H]1O. The van der Waals surface area contributed by atoms with E-state index in [1.54, 1.807) is 6.92 Å². The van der Waals surface area contributed by atoms with Crippen molar-refractivity contribution in [3.63, 3.8) is 0 Å². The Hall–Kier alpha value is -0.370. The van der Waals surface area contributed by atoms with Crippen LogP contribution in [-0.4, -0.2) is 17.0 Å². The fourth-order valence-corrected chi connectivity index (χ4v) is 1.59. The summed E-state index contributed by atoms with van der Waals surface area (Å²) in [7, 11) is 0. The summed E-state index contributed by atoms with van der Waals surface area (Å²) in [6.45, 7) is 1.57. The molecule has 58 valence electrons. The minimum Gasteiger partial charge on any atom is -0.392 e. The molecule has 0 aromatic rings. The van der Waals surface area contributed by atoms with Gasteiger partial charge in [-0.05, 0) is 19.8 Å². The predicted molar refractivity (Wildman–Crippen MR) is 38.6 cm³/mol. The van der Waals surface area contributed by atoms with Crippen LogP contribution in [0.3, 0.4) is 0 Å². The first-order valence-electron chi connectivity index (χ1n) is 3.90. The molecule has 0 aromatic carbocycles. The predicted octanol–water partition coefficient (Wildman–Crippen LogP) is 1.13. The van der Waals surface area contributed by atoms with Crippen LogP contribution in [0.4, 0.5) is 0 Å². The van der Waals surface area contributed by atoms with Crippen LogP contribution < -0.4 is 0 Å². The molecule has 0 aliphatic heterocycles. The van der Waals surface area contributed by atoms with Gasteiger partial charge in [0.1, 0.15) is 5.78 Å². The molecular formula is C8H14O2. The zero-order valence-corrected chi connectivity index (χ0v) is 6.34. The topological polar surface area (TPSA) is 37.3 Å². The van der Waals surface area contributed by atoms with E-state index in [1.807, 2.05) is 0 Å². The summed E-state index contributed by atoms with van der Waals surface area (Å²) >= 11 is 0. The summed E-state index contributed by atoms with van der Waals surface area (Å²) in [4.78, 5) is 10.8. The van der Waals surface area contributed by atoms with E-state index >= 15 is 0 Å². The van der Waals surface area contributed by atoms with E-state index in [4.69, 9.17) is 0 Å². The van der Waals surface area contributed by atoms with Crippen LogP contribution in [0.5, 0.6) is 0 Å². The Kier molecular flexibility index (Phi) is 2.44. The van der Waals surface area contributed by atoms with Crippen molar-refractivity contribution >= 4 is 5.78 Å². The van der Waals surface area contributed by atoms with Crippen LogP contribution in [0.25, 0.3) is 0 Å². The molecule has 1 fully saturated rings. The standard InChI is InChI=1S/C8H14O2/c1-6(9)7-4-2-3-5-8(7)10/h7-8,10H,2-5H2,1H3/t7-,8-/m0/s1. The van der Waals surface area contributed by atoms with Gasteiger partial charge in [-0.1, -0.05) is 12.8 Å². The average molecular weight is 142 g/mol. The maximum Gasteiger partial charge on any atom is 0.135 e. The van der Waals surface area contributed by atoms with Gasteiger partial charge in [-0.15, -0.1) is 0 Å². The Labute approximate surface area is 61.2 Å². The highest BCUT2D eigenvalue weighted by Gasteiger charge is 2.26. The molecule has 2 atom stereocenters. The number of aliphatic hydroxyl groups excluding tert-OH is 1. The van der Waals surface area contributed by atoms with Crippen molar-refractivity contribution in [2.75, 3.05) is 0 Å². The normalized spacial score (nSPS) is 33.8. The molecule has 0 amide bonds. The van der Waals surface area contributed by atoms with Gasteiger partial charge in [-0.2, -0.15) is 0 Å². The first kappa shape index (κ1) is 7.73. The molecule has 10 heavy (non-hydrogen) atoms. The number of hydrogen-bond acceptors (Lipinski definition) is 2. The van der Waals surface area contributed by atoms with Crippen LogP contribution >= 0.6 is 0 Å². The van der Waals surface area contributed by atoms with Gasteiger partial charge in [0.2, 0.25) is 0 Å². The number of aliphatic hydroxyl groups is 1. The Morgan fingerprint density at radius 2 is 2.00 bits per heavy atom. The molecule has 0 bridgehead atoms. The van der Waals surface area contributed by atoms with Crippen LogP contribution in [-0.2, 0) is 4.79 Å². The van der Waals surface area contributed by atoms with E-state index in [1.165, 1.54) is 0 Å². The molecular weight excluding hydrogens is 128 g/mol. The Balaban J connectivity index is 2.47. The quantitative estimate of drug-likeness (QED) is 0.595. The van der Waals surface area contributed by atoms with Crippen molar-refractivity contribution in [2.45, 2.75) is 38.7 Å². The lowest BCUT2D eigenvalue weighted by Gasteiger charge is -2.24. The summed E-state index contributed by atoms with van der Waals surface area (Å²) in [5, 5.41) is 9.32. The number of carbonyl (C=O) groups excluding carboxylic acids is 1.